The molecule has 3 rings (SSSR count). The van der Waals surface area contributed by atoms with Crippen LogP contribution in [0.1, 0.15) is 28.3 Å². The molecule has 1 heterocycles. The molecule has 0 saturated carbocycles. The Morgan fingerprint density at radius 2 is 1.65 bits per heavy atom. The van der Waals surface area contributed by atoms with Gasteiger partial charge in [-0.05, 0) is 24.1 Å². The molecule has 2 aromatic carbocycles. The topological polar surface area (TPSA) is 49.4 Å². The fourth-order valence-electron chi connectivity index (χ4n) is 2.94. The van der Waals surface area contributed by atoms with Crippen LogP contribution in [0.4, 0.5) is 0 Å². The zero-order valence-electron chi connectivity index (χ0n) is 12.9. The van der Waals surface area contributed by atoms with E-state index in [1.807, 2.05) is 41.3 Å². The van der Waals surface area contributed by atoms with Crippen LogP contribution in [0.25, 0.3) is 0 Å². The molecule has 118 valence electrons. The molecule has 1 saturated heterocycles. The Morgan fingerprint density at radius 3 is 2.35 bits per heavy atom. The summed E-state index contributed by atoms with van der Waals surface area (Å²) < 4.78 is 0. The van der Waals surface area contributed by atoms with E-state index in [1.165, 1.54) is 5.56 Å². The molecule has 0 aliphatic carbocycles. The normalized spacial score (nSPS) is 17.0. The smallest absolute Gasteiger partial charge is 0.251 e. The van der Waals surface area contributed by atoms with E-state index in [4.69, 9.17) is 0 Å². The number of benzene rings is 2. The zero-order valence-corrected chi connectivity index (χ0v) is 12.9. The average Bonchev–Trinajstić information content (AvgIpc) is 3.11. The molecule has 2 amide bonds. The summed E-state index contributed by atoms with van der Waals surface area (Å²) in [5.41, 5.74) is 1.85. The van der Waals surface area contributed by atoms with Gasteiger partial charge < -0.3 is 10.2 Å². The van der Waals surface area contributed by atoms with Gasteiger partial charge in [-0.2, -0.15) is 0 Å². The van der Waals surface area contributed by atoms with Gasteiger partial charge in [0.15, 0.2) is 0 Å². The minimum atomic E-state index is -0.210. The zero-order chi connectivity index (χ0) is 16.1. The highest BCUT2D eigenvalue weighted by atomic mass is 16.2. The highest BCUT2D eigenvalue weighted by molar-refractivity contribution is 5.96. The maximum absolute atomic E-state index is 12.3. The maximum atomic E-state index is 12.3. The summed E-state index contributed by atoms with van der Waals surface area (Å²) >= 11 is 0. The highest BCUT2D eigenvalue weighted by Gasteiger charge is 2.27. The van der Waals surface area contributed by atoms with Crippen molar-refractivity contribution in [1.82, 2.24) is 10.2 Å². The summed E-state index contributed by atoms with van der Waals surface area (Å²) in [7, 11) is 0. The first-order valence-corrected chi connectivity index (χ1v) is 7.90. The summed E-state index contributed by atoms with van der Waals surface area (Å²) in [5, 5.41) is 2.70. The molecule has 1 fully saturated rings. The summed E-state index contributed by atoms with van der Waals surface area (Å²) in [4.78, 5) is 26.1. The number of carbonyl (C=O) groups excluding carboxylic acids is 2. The van der Waals surface area contributed by atoms with Gasteiger partial charge in [0.2, 0.25) is 5.91 Å². The van der Waals surface area contributed by atoms with Crippen molar-refractivity contribution >= 4 is 11.8 Å². The Morgan fingerprint density at radius 1 is 1.00 bits per heavy atom. The Balaban J connectivity index is 1.51. The van der Waals surface area contributed by atoms with Gasteiger partial charge in [-0.3, -0.25) is 9.59 Å². The van der Waals surface area contributed by atoms with Crippen LogP contribution in [-0.4, -0.2) is 36.3 Å². The molecule has 1 atom stereocenters. The number of rotatable bonds is 4. The van der Waals surface area contributed by atoms with Crippen LogP contribution < -0.4 is 5.32 Å². The van der Waals surface area contributed by atoms with Crippen LogP contribution in [0.2, 0.25) is 0 Å². The van der Waals surface area contributed by atoms with Gasteiger partial charge in [0.05, 0.1) is 6.54 Å². The number of likely N-dealkylation sites (tertiary alicyclic amines) is 1. The molecule has 1 aliphatic rings. The SMILES string of the molecule is O=C(NCC(=O)N1CC[C@H](c2ccccc2)C1)c1ccccc1. The second-order valence-electron chi connectivity index (χ2n) is 5.78. The van der Waals surface area contributed by atoms with Gasteiger partial charge in [0.25, 0.3) is 5.91 Å². The molecule has 0 unspecified atom stereocenters. The quantitative estimate of drug-likeness (QED) is 0.943. The second-order valence-corrected chi connectivity index (χ2v) is 5.78. The van der Waals surface area contributed by atoms with Gasteiger partial charge in [-0.15, -0.1) is 0 Å². The van der Waals surface area contributed by atoms with E-state index in [2.05, 4.69) is 17.4 Å². The lowest BCUT2D eigenvalue weighted by atomic mass is 9.99. The second kappa shape index (κ2) is 7.09. The average molecular weight is 308 g/mol. The summed E-state index contributed by atoms with van der Waals surface area (Å²) in [6.45, 7) is 1.53. The maximum Gasteiger partial charge on any atom is 0.251 e. The Labute approximate surface area is 136 Å². The van der Waals surface area contributed by atoms with Gasteiger partial charge in [-0.25, -0.2) is 0 Å². The summed E-state index contributed by atoms with van der Waals surface area (Å²) in [5.74, 6) is 0.162. The van der Waals surface area contributed by atoms with Crippen molar-refractivity contribution in [2.24, 2.45) is 0 Å². The molecule has 4 heteroatoms. The van der Waals surface area contributed by atoms with Gasteiger partial charge >= 0.3 is 0 Å². The fourth-order valence-corrected chi connectivity index (χ4v) is 2.94. The third-order valence-corrected chi connectivity index (χ3v) is 4.25. The number of hydrogen-bond donors (Lipinski definition) is 1. The molecule has 4 nitrogen and oxygen atoms in total. The third-order valence-electron chi connectivity index (χ3n) is 4.25. The minimum Gasteiger partial charge on any atom is -0.343 e. The molecule has 0 aromatic heterocycles. The number of amides is 2. The van der Waals surface area contributed by atoms with E-state index in [0.717, 1.165) is 19.5 Å². The van der Waals surface area contributed by atoms with Crippen LogP contribution in [0, 0.1) is 0 Å². The highest BCUT2D eigenvalue weighted by Crippen LogP contribution is 2.26. The van der Waals surface area contributed by atoms with Crippen molar-refractivity contribution < 1.29 is 9.59 Å². The molecule has 1 N–H and O–H groups in total. The molecular formula is C19H20N2O2. The van der Waals surface area contributed by atoms with Crippen molar-refractivity contribution in [3.05, 3.63) is 71.8 Å². The third kappa shape index (κ3) is 3.77. The monoisotopic (exact) mass is 308 g/mol. The van der Waals surface area contributed by atoms with Crippen LogP contribution in [-0.2, 0) is 4.79 Å². The van der Waals surface area contributed by atoms with E-state index in [-0.39, 0.29) is 18.4 Å². The predicted octanol–water partition coefficient (Wildman–Crippen LogP) is 2.43. The lowest BCUT2D eigenvalue weighted by molar-refractivity contribution is -0.129. The lowest BCUT2D eigenvalue weighted by Crippen LogP contribution is -2.39. The summed E-state index contributed by atoms with van der Waals surface area (Å²) in [6, 6.07) is 19.2. The van der Waals surface area contributed by atoms with Gasteiger partial charge in [-0.1, -0.05) is 48.5 Å². The Hall–Kier alpha value is -2.62. The Kier molecular flexibility index (Phi) is 4.71. The lowest BCUT2D eigenvalue weighted by Gasteiger charge is -2.17. The van der Waals surface area contributed by atoms with E-state index >= 15 is 0 Å². The standard InChI is InChI=1S/C19H20N2O2/c22-18(13-20-19(23)16-9-5-2-6-10-16)21-12-11-17(14-21)15-7-3-1-4-8-15/h1-10,17H,11-14H2,(H,20,23)/t17-/m0/s1. The number of carbonyl (C=O) groups is 2. The van der Waals surface area contributed by atoms with Crippen LogP contribution >= 0.6 is 0 Å². The van der Waals surface area contributed by atoms with E-state index in [0.29, 0.717) is 11.5 Å². The first-order valence-electron chi connectivity index (χ1n) is 7.90. The first kappa shape index (κ1) is 15.3. The van der Waals surface area contributed by atoms with Crippen molar-refractivity contribution in [3.63, 3.8) is 0 Å². The number of nitrogens with one attached hydrogen (secondary N) is 1. The molecule has 0 radical (unpaired) electrons. The number of hydrogen-bond acceptors (Lipinski definition) is 2. The molecule has 1 aliphatic heterocycles. The fraction of sp³-hybridized carbons (Fsp3) is 0.263. The summed E-state index contributed by atoms with van der Waals surface area (Å²) in [6.07, 6.45) is 0.975. The molecule has 0 spiro atoms. The van der Waals surface area contributed by atoms with Crippen molar-refractivity contribution in [1.29, 1.82) is 0 Å². The largest absolute Gasteiger partial charge is 0.343 e. The van der Waals surface area contributed by atoms with E-state index < -0.39 is 0 Å². The number of nitrogens with zero attached hydrogens (tertiary/aromatic N) is 1. The van der Waals surface area contributed by atoms with Gasteiger partial charge in [0.1, 0.15) is 0 Å². The van der Waals surface area contributed by atoms with Crippen LogP contribution in [0.5, 0.6) is 0 Å². The van der Waals surface area contributed by atoms with Crippen molar-refractivity contribution in [2.75, 3.05) is 19.6 Å². The first-order chi connectivity index (χ1) is 11.2. The predicted molar refractivity (Wildman–Crippen MR) is 89.2 cm³/mol. The van der Waals surface area contributed by atoms with E-state index in [9.17, 15) is 9.59 Å². The molecule has 2 aromatic rings. The Bertz CT molecular complexity index is 670. The van der Waals surface area contributed by atoms with Gasteiger partial charge in [0, 0.05) is 24.6 Å². The van der Waals surface area contributed by atoms with Crippen molar-refractivity contribution in [2.45, 2.75) is 12.3 Å². The molecule has 0 bridgehead atoms. The van der Waals surface area contributed by atoms with Crippen LogP contribution in [0.3, 0.4) is 0 Å². The van der Waals surface area contributed by atoms with E-state index in [1.54, 1.807) is 12.1 Å². The molecular weight excluding hydrogens is 288 g/mol. The van der Waals surface area contributed by atoms with Crippen molar-refractivity contribution in [3.8, 4) is 0 Å². The van der Waals surface area contributed by atoms with Crippen LogP contribution in [0.15, 0.2) is 60.7 Å². The molecule has 23 heavy (non-hydrogen) atoms. The minimum absolute atomic E-state index is 0.0206.